The van der Waals surface area contributed by atoms with Gasteiger partial charge in [-0.05, 0) is 52.3 Å². The zero-order valence-electron chi connectivity index (χ0n) is 15.4. The van der Waals surface area contributed by atoms with Crippen molar-refractivity contribution in [3.63, 3.8) is 0 Å². The van der Waals surface area contributed by atoms with E-state index >= 15 is 0 Å². The lowest BCUT2D eigenvalue weighted by Crippen LogP contribution is -2.34. The number of aromatic amines is 1. The molecule has 0 aliphatic heterocycles. The molecule has 0 fully saturated rings. The fourth-order valence-corrected chi connectivity index (χ4v) is 4.35. The number of carboxylic acids is 1. The molecule has 30 heavy (non-hydrogen) atoms. The molecule has 2 N–H and O–H groups in total. The molecule has 0 unspecified atom stereocenters. The number of aromatic carboxylic acids is 1. The first-order valence-electron chi connectivity index (χ1n) is 8.50. The fourth-order valence-electron chi connectivity index (χ4n) is 2.78. The monoisotopic (exact) mass is 552 g/mol. The Morgan fingerprint density at radius 2 is 2.03 bits per heavy atom. The zero-order valence-corrected chi connectivity index (χ0v) is 19.3. The van der Waals surface area contributed by atoms with Crippen molar-refractivity contribution in [1.29, 1.82) is 0 Å². The van der Waals surface area contributed by atoms with E-state index in [0.29, 0.717) is 38.6 Å². The molecule has 0 bridgehead atoms. The highest BCUT2D eigenvalue weighted by Gasteiger charge is 2.14. The van der Waals surface area contributed by atoms with Crippen molar-refractivity contribution < 1.29 is 14.6 Å². The van der Waals surface area contributed by atoms with Crippen LogP contribution in [0, 0.1) is 0 Å². The van der Waals surface area contributed by atoms with Crippen LogP contribution in [0.3, 0.4) is 0 Å². The van der Waals surface area contributed by atoms with E-state index in [1.54, 1.807) is 18.2 Å². The van der Waals surface area contributed by atoms with E-state index in [1.807, 2.05) is 12.1 Å². The van der Waals surface area contributed by atoms with Gasteiger partial charge in [0.1, 0.15) is 12.4 Å². The smallest absolute Gasteiger partial charge is 0.337 e. The quantitative estimate of drug-likeness (QED) is 0.454. The van der Waals surface area contributed by atoms with Crippen LogP contribution in [0.15, 0.2) is 56.7 Å². The highest BCUT2D eigenvalue weighted by atomic mass is 79.9. The van der Waals surface area contributed by atoms with Crippen molar-refractivity contribution in [2.45, 2.75) is 0 Å². The highest BCUT2D eigenvalue weighted by molar-refractivity contribution is 9.11. The molecular formula is C21H15Br2ClN2O4. The summed E-state index contributed by atoms with van der Waals surface area (Å²) in [5.74, 6) is -0.643. The Bertz CT molecular complexity index is 1330. The largest absolute Gasteiger partial charge is 0.488 e. The molecule has 1 aromatic heterocycles. The maximum Gasteiger partial charge on any atom is 0.337 e. The minimum absolute atomic E-state index is 0.0792. The van der Waals surface area contributed by atoms with Crippen LogP contribution in [0.1, 0.15) is 15.9 Å². The summed E-state index contributed by atoms with van der Waals surface area (Å²) in [5, 5.41) is 12.9. The third-order valence-corrected chi connectivity index (χ3v) is 5.50. The van der Waals surface area contributed by atoms with Crippen LogP contribution in [0.5, 0.6) is 5.75 Å². The van der Waals surface area contributed by atoms with Crippen LogP contribution >= 0.6 is 43.5 Å². The summed E-state index contributed by atoms with van der Waals surface area (Å²) in [6.45, 7) is 7.84. The van der Waals surface area contributed by atoms with Crippen molar-refractivity contribution in [2.75, 3.05) is 6.61 Å². The number of nitrogens with zero attached hydrogens (tertiary/aromatic N) is 1. The minimum atomic E-state index is -1.19. The van der Waals surface area contributed by atoms with Crippen LogP contribution in [0.25, 0.3) is 18.3 Å². The summed E-state index contributed by atoms with van der Waals surface area (Å²) >= 11 is 12.8. The molecular weight excluding hydrogens is 540 g/mol. The van der Waals surface area contributed by atoms with Crippen LogP contribution in [0.2, 0.25) is 5.02 Å². The van der Waals surface area contributed by atoms with E-state index in [4.69, 9.17) is 16.3 Å². The molecule has 0 radical (unpaired) electrons. The lowest BCUT2D eigenvalue weighted by atomic mass is 10.1. The SMILES string of the molecule is C=CCOc1c(Br)cc(Br)cc1C=c1c(=C)[nH]n(-c2ccc(Cl)c(C(=O)O)c2)c1=O. The van der Waals surface area contributed by atoms with Gasteiger partial charge < -0.3 is 9.84 Å². The first-order valence-corrected chi connectivity index (χ1v) is 10.5. The molecule has 0 aliphatic carbocycles. The Labute approximate surface area is 193 Å². The number of hydrogen-bond donors (Lipinski definition) is 2. The van der Waals surface area contributed by atoms with Crippen molar-refractivity contribution in [3.05, 3.63) is 89.0 Å². The number of carboxylic acid groups (broad SMARTS) is 1. The van der Waals surface area contributed by atoms with Crippen molar-refractivity contribution >= 4 is 62.1 Å². The molecule has 0 spiro atoms. The van der Waals surface area contributed by atoms with E-state index < -0.39 is 11.5 Å². The van der Waals surface area contributed by atoms with Gasteiger partial charge in [0.05, 0.1) is 31.3 Å². The Balaban J connectivity index is 2.21. The molecule has 0 saturated heterocycles. The topological polar surface area (TPSA) is 84.3 Å². The number of nitrogens with one attached hydrogen (secondary N) is 1. The molecule has 0 saturated carbocycles. The number of halogens is 3. The van der Waals surface area contributed by atoms with Gasteiger partial charge in [0.25, 0.3) is 5.56 Å². The Morgan fingerprint density at radius 1 is 1.30 bits per heavy atom. The van der Waals surface area contributed by atoms with Crippen molar-refractivity contribution in [2.24, 2.45) is 0 Å². The maximum absolute atomic E-state index is 13.1. The minimum Gasteiger partial charge on any atom is -0.488 e. The van der Waals surface area contributed by atoms with Gasteiger partial charge in [-0.25, -0.2) is 9.48 Å². The second kappa shape index (κ2) is 9.07. The molecule has 3 rings (SSSR count). The summed E-state index contributed by atoms with van der Waals surface area (Å²) < 4.78 is 8.44. The number of hydrogen-bond acceptors (Lipinski definition) is 3. The standard InChI is InChI=1S/C21H15Br2ClN2O4/c1-3-6-30-19-12(7-13(22)9-17(19)23)8-15-11(2)25-26(20(15)27)14-4-5-18(24)16(10-14)21(28)29/h3-5,7-10,25H,1-2,6H2,(H,28,29). The molecule has 2 aromatic carbocycles. The second-order valence-corrected chi connectivity index (χ2v) is 8.34. The summed E-state index contributed by atoms with van der Waals surface area (Å²) in [6.07, 6.45) is 3.27. The van der Waals surface area contributed by atoms with Gasteiger partial charge in [-0.1, -0.05) is 46.8 Å². The number of rotatable bonds is 6. The van der Waals surface area contributed by atoms with Gasteiger partial charge in [0, 0.05) is 10.0 Å². The number of ether oxygens (including phenoxy) is 1. The Hall–Kier alpha value is -2.55. The van der Waals surface area contributed by atoms with Crippen molar-refractivity contribution in [3.8, 4) is 11.4 Å². The lowest BCUT2D eigenvalue weighted by molar-refractivity contribution is 0.0697. The van der Waals surface area contributed by atoms with Gasteiger partial charge in [0.15, 0.2) is 0 Å². The number of H-pyrrole nitrogens is 1. The third kappa shape index (κ3) is 4.45. The Morgan fingerprint density at radius 3 is 2.70 bits per heavy atom. The maximum atomic E-state index is 13.1. The first-order chi connectivity index (χ1) is 14.2. The van der Waals surface area contributed by atoms with Crippen molar-refractivity contribution in [1.82, 2.24) is 9.78 Å². The number of carbonyl (C=O) groups is 1. The van der Waals surface area contributed by atoms with Gasteiger partial charge >= 0.3 is 5.97 Å². The van der Waals surface area contributed by atoms with E-state index in [1.165, 1.54) is 16.8 Å². The first kappa shape index (κ1) is 22.1. The molecule has 6 nitrogen and oxygen atoms in total. The average molecular weight is 555 g/mol. The molecule has 9 heteroatoms. The van der Waals surface area contributed by atoms with E-state index in [-0.39, 0.29) is 10.6 Å². The average Bonchev–Trinajstić information content (AvgIpc) is 2.95. The molecule has 3 aromatic rings. The summed E-state index contributed by atoms with van der Waals surface area (Å²) in [6, 6.07) is 7.93. The molecule has 0 atom stereocenters. The fraction of sp³-hybridized carbons (Fsp3) is 0.0476. The predicted molar refractivity (Wildman–Crippen MR) is 124 cm³/mol. The predicted octanol–water partition coefficient (Wildman–Crippen LogP) is 3.85. The van der Waals surface area contributed by atoms with Crippen LogP contribution < -0.4 is 20.9 Å². The van der Waals surface area contributed by atoms with Gasteiger partial charge in [0.2, 0.25) is 0 Å². The molecule has 154 valence electrons. The third-order valence-electron chi connectivity index (χ3n) is 4.13. The molecule has 0 aliphatic rings. The molecule has 1 heterocycles. The lowest BCUT2D eigenvalue weighted by Gasteiger charge is -2.10. The Kier molecular flexibility index (Phi) is 6.70. The van der Waals surface area contributed by atoms with Gasteiger partial charge in [-0.15, -0.1) is 0 Å². The number of benzene rings is 2. The van der Waals surface area contributed by atoms with Gasteiger partial charge in [-0.2, -0.15) is 0 Å². The normalized spacial score (nSPS) is 11.5. The summed E-state index contributed by atoms with van der Waals surface area (Å²) in [7, 11) is 0. The van der Waals surface area contributed by atoms with E-state index in [9.17, 15) is 14.7 Å². The van der Waals surface area contributed by atoms with E-state index in [0.717, 1.165) is 4.47 Å². The highest BCUT2D eigenvalue weighted by Crippen LogP contribution is 2.33. The zero-order chi connectivity index (χ0) is 22.0. The second-order valence-electron chi connectivity index (χ2n) is 6.16. The number of aromatic nitrogens is 2. The summed E-state index contributed by atoms with van der Waals surface area (Å²) in [5.41, 5.74) is 0.464. The van der Waals surface area contributed by atoms with E-state index in [2.05, 4.69) is 50.1 Å². The van der Waals surface area contributed by atoms with Crippen LogP contribution in [0.4, 0.5) is 0 Å². The van der Waals surface area contributed by atoms with Gasteiger partial charge in [-0.3, -0.25) is 9.89 Å². The molecule has 0 amide bonds. The summed E-state index contributed by atoms with van der Waals surface area (Å²) in [4.78, 5) is 24.4. The van der Waals surface area contributed by atoms with Crippen LogP contribution in [-0.2, 0) is 0 Å². The van der Waals surface area contributed by atoms with Crippen LogP contribution in [-0.4, -0.2) is 27.5 Å².